The fourth-order valence-corrected chi connectivity index (χ4v) is 11.6. The van der Waals surface area contributed by atoms with Gasteiger partial charge in [-0.3, -0.25) is 0 Å². The molecule has 1 aliphatic heterocycles. The van der Waals surface area contributed by atoms with E-state index in [1.165, 1.54) is 77.7 Å². The number of ether oxygens (including phenoxy) is 1. The molecule has 2 aliphatic rings. The van der Waals surface area contributed by atoms with E-state index in [4.69, 9.17) is 4.74 Å². The van der Waals surface area contributed by atoms with Crippen molar-refractivity contribution in [1.29, 1.82) is 0 Å². The Bertz CT molecular complexity index is 3890. The third-order valence-electron chi connectivity index (χ3n) is 14.8. The van der Waals surface area contributed by atoms with Gasteiger partial charge in [0.05, 0.1) is 0 Å². The number of fused-ring (bicyclic) bond motifs is 11. The second kappa shape index (κ2) is 18.4. The van der Waals surface area contributed by atoms with Crippen molar-refractivity contribution in [3.05, 3.63) is 278 Å². The lowest BCUT2D eigenvalue weighted by atomic mass is 9.81. The van der Waals surface area contributed by atoms with Crippen LogP contribution in [0, 0.1) is 0 Å². The fourth-order valence-electron chi connectivity index (χ4n) is 11.6. The molecule has 0 amide bonds. The molecule has 11 aromatic rings. The van der Waals surface area contributed by atoms with Gasteiger partial charge in [0, 0.05) is 33.6 Å². The van der Waals surface area contributed by atoms with Gasteiger partial charge < -0.3 is 9.64 Å². The highest BCUT2D eigenvalue weighted by Gasteiger charge is 2.29. The number of allylic oxidation sites excluding steroid dienone is 3. The van der Waals surface area contributed by atoms with Crippen LogP contribution in [0.3, 0.4) is 0 Å². The molecular weight excluding hydrogens is 871 g/mol. The summed E-state index contributed by atoms with van der Waals surface area (Å²) in [6.45, 7) is 2.24. The Labute approximate surface area is 422 Å². The van der Waals surface area contributed by atoms with Crippen molar-refractivity contribution in [3.63, 3.8) is 0 Å². The van der Waals surface area contributed by atoms with E-state index < -0.39 is 0 Å². The molecule has 11 aromatic carbocycles. The molecule has 13 rings (SSSR count). The average molecular weight is 922 g/mol. The van der Waals surface area contributed by atoms with E-state index in [0.29, 0.717) is 0 Å². The van der Waals surface area contributed by atoms with Gasteiger partial charge in [-0.2, -0.15) is 0 Å². The third kappa shape index (κ3) is 7.52. The summed E-state index contributed by atoms with van der Waals surface area (Å²) in [5, 5.41) is 4.63. The van der Waals surface area contributed by atoms with Gasteiger partial charge in [-0.25, -0.2) is 0 Å². The number of anilines is 2. The first-order valence-corrected chi connectivity index (χ1v) is 25.2. The van der Waals surface area contributed by atoms with Crippen LogP contribution in [0.4, 0.5) is 11.4 Å². The zero-order valence-electron chi connectivity index (χ0n) is 40.2. The number of hydrogen-bond acceptors (Lipinski definition) is 2. The van der Waals surface area contributed by atoms with Crippen molar-refractivity contribution in [2.24, 2.45) is 0 Å². The molecule has 0 radical (unpaired) electrons. The maximum atomic E-state index is 7.67. The van der Waals surface area contributed by atoms with Crippen LogP contribution in [-0.2, 0) is 0 Å². The van der Waals surface area contributed by atoms with E-state index in [1.807, 2.05) is 0 Å². The molecule has 0 aromatic heterocycles. The van der Waals surface area contributed by atoms with Crippen molar-refractivity contribution < 1.29 is 4.74 Å². The molecule has 0 fully saturated rings. The second-order valence-corrected chi connectivity index (χ2v) is 18.9. The lowest BCUT2D eigenvalue weighted by Crippen LogP contribution is -2.18. The van der Waals surface area contributed by atoms with Crippen molar-refractivity contribution in [2.45, 2.75) is 25.9 Å². The van der Waals surface area contributed by atoms with Crippen molar-refractivity contribution in [3.8, 4) is 72.5 Å². The fraction of sp³-hybridized carbons (Fsp3) is 0.0571. The van der Waals surface area contributed by atoms with Crippen LogP contribution in [0.2, 0.25) is 0 Å². The molecule has 2 nitrogen and oxygen atoms in total. The summed E-state index contributed by atoms with van der Waals surface area (Å²) in [6, 6.07) is 90.9. The number of hydrogen-bond donors (Lipinski definition) is 0. The number of rotatable bonds is 7. The first-order valence-electron chi connectivity index (χ1n) is 25.2. The molecule has 0 N–H and O–H groups in total. The summed E-state index contributed by atoms with van der Waals surface area (Å²) in [6.07, 6.45) is 6.30. The highest BCUT2D eigenvalue weighted by atomic mass is 16.5. The van der Waals surface area contributed by atoms with Gasteiger partial charge in [-0.1, -0.05) is 224 Å². The van der Waals surface area contributed by atoms with Crippen LogP contribution >= 0.6 is 0 Å². The number of nitrogens with zero attached hydrogens (tertiary/aromatic N) is 1. The molecule has 2 heteroatoms. The van der Waals surface area contributed by atoms with Crippen molar-refractivity contribution >= 4 is 38.5 Å². The molecule has 0 spiro atoms. The standard InChI is InChI=1S/C70H51NO/c1-47-68-61-38-19-35-54(48-22-6-2-7-23-48)59(61)42-44-64(68)58-33-14-15-34-62(58)69-57(37-21-39-63(69)66-45-43-60-55(49-24-8-3-9-25-49)36-20-40-65(60)70(66)72-47)51-28-18-31-53(46-51)71(52-29-12-5-13-30-52)67-41-17-16-32-56(67)50-26-10-4-11-27-50/h2-15,17-31,33-47H,16,32H2,1H3/t47-/m1/s1. The van der Waals surface area contributed by atoms with Crippen LogP contribution in [0.15, 0.2) is 267 Å². The van der Waals surface area contributed by atoms with E-state index in [1.54, 1.807) is 0 Å². The van der Waals surface area contributed by atoms with Crippen molar-refractivity contribution in [1.82, 2.24) is 0 Å². The molecule has 342 valence electrons. The Balaban J connectivity index is 1.09. The van der Waals surface area contributed by atoms with E-state index >= 15 is 0 Å². The highest BCUT2D eigenvalue weighted by Crippen LogP contribution is 2.53. The molecule has 1 atom stereocenters. The van der Waals surface area contributed by atoms with Gasteiger partial charge in [0.1, 0.15) is 11.9 Å². The molecule has 72 heavy (non-hydrogen) atoms. The van der Waals surface area contributed by atoms with Crippen LogP contribution in [0.5, 0.6) is 5.75 Å². The summed E-state index contributed by atoms with van der Waals surface area (Å²) >= 11 is 0. The number of para-hydroxylation sites is 1. The lowest BCUT2D eigenvalue weighted by Gasteiger charge is -2.31. The normalized spacial score (nSPS) is 13.9. The Morgan fingerprint density at radius 1 is 0.375 bits per heavy atom. The maximum absolute atomic E-state index is 7.67. The van der Waals surface area contributed by atoms with Crippen LogP contribution < -0.4 is 9.64 Å². The van der Waals surface area contributed by atoms with Gasteiger partial charge in [-0.05, 0) is 145 Å². The Morgan fingerprint density at radius 2 is 0.889 bits per heavy atom. The zero-order chi connectivity index (χ0) is 48.0. The van der Waals surface area contributed by atoms with Gasteiger partial charge in [-0.15, -0.1) is 0 Å². The largest absolute Gasteiger partial charge is 0.485 e. The minimum atomic E-state index is -0.318. The summed E-state index contributed by atoms with van der Waals surface area (Å²) in [7, 11) is 0. The first kappa shape index (κ1) is 43.1. The Hall–Kier alpha value is -8.98. The van der Waals surface area contributed by atoms with Crippen LogP contribution in [0.25, 0.3) is 93.9 Å². The second-order valence-electron chi connectivity index (χ2n) is 18.9. The first-order chi connectivity index (χ1) is 35.7. The monoisotopic (exact) mass is 921 g/mol. The summed E-state index contributed by atoms with van der Waals surface area (Å²) in [4.78, 5) is 2.45. The van der Waals surface area contributed by atoms with Gasteiger partial charge in [0.2, 0.25) is 0 Å². The molecule has 0 saturated heterocycles. The molecule has 1 heterocycles. The Morgan fingerprint density at radius 3 is 1.60 bits per heavy atom. The van der Waals surface area contributed by atoms with Gasteiger partial charge >= 0.3 is 0 Å². The lowest BCUT2D eigenvalue weighted by molar-refractivity contribution is 0.233. The molecule has 0 bridgehead atoms. The maximum Gasteiger partial charge on any atom is 0.135 e. The number of benzene rings is 11. The van der Waals surface area contributed by atoms with E-state index in [-0.39, 0.29) is 6.10 Å². The highest BCUT2D eigenvalue weighted by molar-refractivity contribution is 6.09. The zero-order valence-corrected chi connectivity index (χ0v) is 40.2. The third-order valence-corrected chi connectivity index (χ3v) is 14.8. The minimum absolute atomic E-state index is 0.318. The van der Waals surface area contributed by atoms with Gasteiger partial charge in [0.15, 0.2) is 0 Å². The van der Waals surface area contributed by atoms with E-state index in [2.05, 4.69) is 273 Å². The predicted molar refractivity (Wildman–Crippen MR) is 303 cm³/mol. The smallest absolute Gasteiger partial charge is 0.135 e. The molecule has 0 unspecified atom stereocenters. The molecular formula is C70H51NO. The van der Waals surface area contributed by atoms with E-state index in [9.17, 15) is 0 Å². The van der Waals surface area contributed by atoms with Crippen molar-refractivity contribution in [2.75, 3.05) is 4.90 Å². The Kier molecular flexibility index (Phi) is 11.0. The van der Waals surface area contributed by atoms with Gasteiger partial charge in [0.25, 0.3) is 0 Å². The van der Waals surface area contributed by atoms with Crippen LogP contribution in [-0.4, -0.2) is 0 Å². The molecule has 1 aliphatic carbocycles. The summed E-state index contributed by atoms with van der Waals surface area (Å²) in [5.74, 6) is 0.881. The molecule has 0 saturated carbocycles. The minimum Gasteiger partial charge on any atom is -0.485 e. The SMILES string of the molecule is C[C@H]1Oc2c(ccc3c(-c4ccccc4)cccc23)-c2cccc(-c3cccc(N(C4=C(c5ccccc5)CCC=C4)c4ccccc4)c3)c2-c2ccccc2-c2ccc3c(-c4ccccc4)cccc3c21. The van der Waals surface area contributed by atoms with Crippen LogP contribution in [0.1, 0.15) is 37.0 Å². The average Bonchev–Trinajstić information content (AvgIpc) is 3.45. The topological polar surface area (TPSA) is 12.5 Å². The quantitative estimate of drug-likeness (QED) is 0.158. The predicted octanol–water partition coefficient (Wildman–Crippen LogP) is 19.3. The van der Waals surface area contributed by atoms with E-state index in [0.717, 1.165) is 63.0 Å². The summed E-state index contributed by atoms with van der Waals surface area (Å²) < 4.78 is 7.67. The summed E-state index contributed by atoms with van der Waals surface area (Å²) in [5.41, 5.74) is 21.1.